The maximum absolute atomic E-state index is 9.00. The van der Waals surface area contributed by atoms with Gasteiger partial charge in [-0.25, -0.2) is 9.97 Å². The Labute approximate surface area is 150 Å². The molecule has 5 rings (SSSR count). The first-order valence-corrected chi connectivity index (χ1v) is 8.06. The zero-order valence-electron chi connectivity index (χ0n) is 13.8. The molecular weight excluding hydrogens is 326 g/mol. The van der Waals surface area contributed by atoms with Crippen LogP contribution < -0.4 is 0 Å². The van der Waals surface area contributed by atoms with Gasteiger partial charge in [-0.15, -0.1) is 0 Å². The van der Waals surface area contributed by atoms with Crippen LogP contribution in [0.1, 0.15) is 22.8 Å². The van der Waals surface area contributed by atoms with Crippen LogP contribution >= 0.6 is 0 Å². The molecule has 0 aromatic carbocycles. The lowest BCUT2D eigenvalue weighted by Crippen LogP contribution is -1.77. The average Bonchev–Trinajstić information content (AvgIpc) is 3.42. The molecule has 4 nitrogen and oxygen atoms in total. The fourth-order valence-electron chi connectivity index (χ4n) is 2.94. The molecule has 6 heteroatoms. The summed E-state index contributed by atoms with van der Waals surface area (Å²) in [6.07, 6.45) is 8.05. The van der Waals surface area contributed by atoms with Crippen LogP contribution in [0.3, 0.4) is 0 Å². The minimum absolute atomic E-state index is 0.915. The van der Waals surface area contributed by atoms with Crippen molar-refractivity contribution in [2.75, 3.05) is 0 Å². The number of fused-ring (bicyclic) bond motifs is 8. The largest absolute Gasteiger partial charge is 0.355 e. The van der Waals surface area contributed by atoms with E-state index in [1.54, 1.807) is 0 Å². The molecule has 2 N–H and O–H groups in total. The highest BCUT2D eigenvalue weighted by molar-refractivity contribution is 5.96. The van der Waals surface area contributed by atoms with Gasteiger partial charge < -0.3 is 14.3 Å². The third-order valence-corrected chi connectivity index (χ3v) is 4.04. The number of aromatic amines is 2. The van der Waals surface area contributed by atoms with E-state index in [4.69, 9.17) is 4.32 Å². The van der Waals surface area contributed by atoms with E-state index < -0.39 is 0 Å². The Morgan fingerprint density at radius 2 is 0.885 bits per heavy atom. The van der Waals surface area contributed by atoms with Crippen LogP contribution in [-0.4, -0.2) is 28.1 Å². The summed E-state index contributed by atoms with van der Waals surface area (Å²) in [4.78, 5) is 16.0. The zero-order chi connectivity index (χ0) is 17.9. The first-order valence-electron chi connectivity index (χ1n) is 8.06. The number of hydrogen-bond donors (Lipinski definition) is 2. The first-order chi connectivity index (χ1) is 12.8. The van der Waals surface area contributed by atoms with Crippen molar-refractivity contribution in [2.45, 2.75) is 0 Å². The Hall–Kier alpha value is -3.41. The zero-order valence-corrected chi connectivity index (χ0v) is 13.8. The fraction of sp³-hybridized carbons (Fsp3) is 0. The molecule has 26 heavy (non-hydrogen) atoms. The van der Waals surface area contributed by atoms with Crippen molar-refractivity contribution in [3.05, 3.63) is 71.3 Å². The Balaban J connectivity index is 0.000000814. The number of hydrogen-bond acceptors (Lipinski definition) is 2. The van der Waals surface area contributed by atoms with Gasteiger partial charge in [-0.1, -0.05) is 0 Å². The quantitative estimate of drug-likeness (QED) is 0.402. The van der Waals surface area contributed by atoms with Gasteiger partial charge in [0.1, 0.15) is 0 Å². The molecule has 3 aromatic heterocycles. The van der Waals surface area contributed by atoms with E-state index in [0.717, 1.165) is 44.8 Å². The predicted molar refractivity (Wildman–Crippen MR) is 106 cm³/mol. The Kier molecular flexibility index (Phi) is 4.23. The van der Waals surface area contributed by atoms with Gasteiger partial charge in [0, 0.05) is 22.1 Å². The van der Waals surface area contributed by atoms with Gasteiger partial charge in [-0.3, -0.25) is 0 Å². The van der Waals surface area contributed by atoms with E-state index in [0.29, 0.717) is 0 Å². The highest BCUT2D eigenvalue weighted by Gasteiger charge is 2.02. The summed E-state index contributed by atoms with van der Waals surface area (Å²) < 4.78 is 9.00. The summed E-state index contributed by atoms with van der Waals surface area (Å²) in [5.74, 6) is 0. The maximum Gasteiger partial charge on any atom is 0.350 e. The molecular formula is C20H14BFN4. The fourth-order valence-corrected chi connectivity index (χ4v) is 2.94. The summed E-state index contributed by atoms with van der Waals surface area (Å²) in [6, 6.07) is 16.4. The van der Waals surface area contributed by atoms with Gasteiger partial charge >= 0.3 is 8.12 Å². The second kappa shape index (κ2) is 6.84. The van der Waals surface area contributed by atoms with Crippen molar-refractivity contribution in [3.8, 4) is 0 Å². The van der Waals surface area contributed by atoms with Gasteiger partial charge in [0.05, 0.1) is 22.8 Å². The predicted octanol–water partition coefficient (Wildman–Crippen LogP) is 4.70. The molecule has 2 radical (unpaired) electrons. The van der Waals surface area contributed by atoms with Crippen LogP contribution in [0.5, 0.6) is 0 Å². The molecule has 0 saturated carbocycles. The van der Waals surface area contributed by atoms with E-state index in [2.05, 4.69) is 58.4 Å². The van der Waals surface area contributed by atoms with Gasteiger partial charge in [0.2, 0.25) is 0 Å². The van der Waals surface area contributed by atoms with Crippen LogP contribution in [0.15, 0.2) is 48.5 Å². The molecule has 3 aromatic rings. The number of rotatable bonds is 0. The number of nitrogens with one attached hydrogen (secondary N) is 2. The van der Waals surface area contributed by atoms with E-state index in [1.807, 2.05) is 42.5 Å². The van der Waals surface area contributed by atoms with Crippen molar-refractivity contribution in [3.63, 3.8) is 0 Å². The summed E-state index contributed by atoms with van der Waals surface area (Å²) in [5, 5.41) is 0. The molecule has 0 fully saturated rings. The van der Waals surface area contributed by atoms with Gasteiger partial charge in [0.25, 0.3) is 0 Å². The molecule has 5 heterocycles. The highest BCUT2D eigenvalue weighted by Crippen LogP contribution is 2.17. The molecule has 0 aliphatic carbocycles. The second-order valence-corrected chi connectivity index (χ2v) is 5.91. The number of H-pyrrole nitrogens is 2. The SMILES string of the molecule is C1=Cc2cc3ccc(cc4ccc(cc5nc(cc1n2)C=C5)[nH]4)[nH]3.[B]F. The van der Waals surface area contributed by atoms with Gasteiger partial charge in [-0.05, 0) is 72.8 Å². The Bertz CT molecular complexity index is 1080. The third-order valence-electron chi connectivity index (χ3n) is 4.04. The normalized spacial score (nSPS) is 11.9. The molecule has 124 valence electrons. The first kappa shape index (κ1) is 16.1. The topological polar surface area (TPSA) is 57.4 Å². The molecule has 0 amide bonds. The highest BCUT2D eigenvalue weighted by atomic mass is 19.1. The second-order valence-electron chi connectivity index (χ2n) is 5.91. The van der Waals surface area contributed by atoms with Crippen LogP contribution in [0.4, 0.5) is 4.32 Å². The van der Waals surface area contributed by atoms with E-state index in [-0.39, 0.29) is 0 Å². The van der Waals surface area contributed by atoms with Crippen molar-refractivity contribution in [1.82, 2.24) is 19.9 Å². The van der Waals surface area contributed by atoms with Crippen LogP contribution in [0, 0.1) is 0 Å². The molecule has 0 spiro atoms. The van der Waals surface area contributed by atoms with Crippen LogP contribution in [0.2, 0.25) is 0 Å². The minimum atomic E-state index is 0.915. The summed E-state index contributed by atoms with van der Waals surface area (Å²) in [7, 11) is 3.00. The lowest BCUT2D eigenvalue weighted by molar-refractivity contribution is 0.902. The molecule has 0 unspecified atom stereocenters. The van der Waals surface area contributed by atoms with Crippen LogP contribution in [0.25, 0.3) is 46.4 Å². The summed E-state index contributed by atoms with van der Waals surface area (Å²) in [6.45, 7) is 0. The monoisotopic (exact) mass is 340 g/mol. The van der Waals surface area contributed by atoms with Gasteiger partial charge in [0.15, 0.2) is 0 Å². The molecule has 0 atom stereocenters. The lowest BCUT2D eigenvalue weighted by Gasteiger charge is -1.86. The molecule has 0 saturated heterocycles. The molecule has 2 aliphatic rings. The Morgan fingerprint density at radius 3 is 1.31 bits per heavy atom. The van der Waals surface area contributed by atoms with Crippen molar-refractivity contribution in [2.24, 2.45) is 0 Å². The maximum atomic E-state index is 9.00. The Morgan fingerprint density at radius 1 is 0.538 bits per heavy atom. The number of aromatic nitrogens is 4. The standard InChI is InChI=1S/C20H14N4.BF/c1-2-14-10-16-5-6-18(23-16)12-20-8-7-19(24-20)11-17-4-3-15(22-17)9-13(1)21-14;1-2/h1-12,21-22H;. The van der Waals surface area contributed by atoms with E-state index >= 15 is 0 Å². The average molecular weight is 340 g/mol. The van der Waals surface area contributed by atoms with Gasteiger partial charge in [-0.2, -0.15) is 0 Å². The van der Waals surface area contributed by atoms with E-state index in [9.17, 15) is 0 Å². The molecule has 8 bridgehead atoms. The van der Waals surface area contributed by atoms with E-state index in [1.165, 1.54) is 0 Å². The van der Waals surface area contributed by atoms with Crippen LogP contribution in [-0.2, 0) is 0 Å². The van der Waals surface area contributed by atoms with Crippen molar-refractivity contribution < 1.29 is 4.32 Å². The summed E-state index contributed by atoms with van der Waals surface area (Å²) in [5.41, 5.74) is 7.86. The lowest BCUT2D eigenvalue weighted by atomic mass is 10.3. The smallest absolute Gasteiger partial charge is 0.350 e. The summed E-state index contributed by atoms with van der Waals surface area (Å²) >= 11 is 0. The number of halogens is 1. The number of nitrogens with zero attached hydrogens (tertiary/aromatic N) is 2. The van der Waals surface area contributed by atoms with Crippen molar-refractivity contribution in [1.29, 1.82) is 0 Å². The third kappa shape index (κ3) is 3.35. The van der Waals surface area contributed by atoms with Crippen molar-refractivity contribution >= 4 is 54.5 Å². The molecule has 2 aliphatic heterocycles. The minimum Gasteiger partial charge on any atom is -0.355 e.